The molecule has 168 valence electrons. The van der Waals surface area contributed by atoms with Crippen LogP contribution < -0.4 is 4.74 Å². The molecule has 1 aromatic heterocycles. The average Bonchev–Trinajstić information content (AvgIpc) is 3.13. The number of likely N-dealkylation sites (tertiary alicyclic amines) is 1. The number of benzene rings is 3. The van der Waals surface area contributed by atoms with Crippen molar-refractivity contribution in [3.63, 3.8) is 0 Å². The first-order valence-electron chi connectivity index (χ1n) is 10.9. The van der Waals surface area contributed by atoms with Gasteiger partial charge in [0.2, 0.25) is 0 Å². The van der Waals surface area contributed by atoms with Gasteiger partial charge < -0.3 is 14.7 Å². The third kappa shape index (κ3) is 3.59. The number of hydrogen-bond acceptors (Lipinski definition) is 5. The van der Waals surface area contributed by atoms with Crippen molar-refractivity contribution in [3.8, 4) is 5.75 Å². The van der Waals surface area contributed by atoms with Crippen LogP contribution >= 0.6 is 0 Å². The molecule has 1 aliphatic heterocycles. The van der Waals surface area contributed by atoms with Crippen LogP contribution in [-0.2, 0) is 16.1 Å². The fourth-order valence-corrected chi connectivity index (χ4v) is 4.48. The van der Waals surface area contributed by atoms with E-state index >= 15 is 0 Å². The second-order valence-corrected chi connectivity index (χ2v) is 8.02. The molecule has 0 spiro atoms. The van der Waals surface area contributed by atoms with E-state index in [1.807, 2.05) is 54.6 Å². The van der Waals surface area contributed by atoms with Gasteiger partial charge in [-0.25, -0.2) is 0 Å². The summed E-state index contributed by atoms with van der Waals surface area (Å²) in [6.45, 7) is 0.127. The number of ether oxygens (including phenoxy) is 1. The van der Waals surface area contributed by atoms with E-state index in [9.17, 15) is 14.7 Å². The zero-order valence-corrected chi connectivity index (χ0v) is 18.5. The molecule has 1 unspecified atom stereocenters. The van der Waals surface area contributed by atoms with E-state index in [2.05, 4.69) is 4.98 Å². The molecule has 1 atom stereocenters. The van der Waals surface area contributed by atoms with Crippen LogP contribution in [-0.4, -0.2) is 33.8 Å². The number of aliphatic hydroxyl groups excluding tert-OH is 1. The van der Waals surface area contributed by atoms with Crippen molar-refractivity contribution in [2.24, 2.45) is 0 Å². The number of amides is 1. The largest absolute Gasteiger partial charge is 0.507 e. The lowest BCUT2D eigenvalue weighted by molar-refractivity contribution is -0.140. The highest BCUT2D eigenvalue weighted by atomic mass is 16.5. The summed E-state index contributed by atoms with van der Waals surface area (Å²) in [5.41, 5.74) is 1.76. The van der Waals surface area contributed by atoms with Crippen molar-refractivity contribution < 1.29 is 19.4 Å². The molecule has 0 aliphatic carbocycles. The molecule has 0 saturated carbocycles. The van der Waals surface area contributed by atoms with Crippen molar-refractivity contribution >= 4 is 28.2 Å². The highest BCUT2D eigenvalue weighted by Crippen LogP contribution is 2.41. The summed E-state index contributed by atoms with van der Waals surface area (Å²) in [5, 5.41) is 13.2. The van der Waals surface area contributed by atoms with Crippen molar-refractivity contribution in [2.45, 2.75) is 12.6 Å². The lowest BCUT2D eigenvalue weighted by Crippen LogP contribution is -2.29. The predicted octanol–water partition coefficient (Wildman–Crippen LogP) is 4.87. The molecule has 2 heterocycles. The minimum Gasteiger partial charge on any atom is -0.507 e. The maximum absolute atomic E-state index is 13.3. The second-order valence-electron chi connectivity index (χ2n) is 8.02. The van der Waals surface area contributed by atoms with Crippen molar-refractivity contribution in [3.05, 3.63) is 114 Å². The Morgan fingerprint density at radius 2 is 1.68 bits per heavy atom. The fraction of sp³-hybridized carbons (Fsp3) is 0.107. The number of carbonyl (C=O) groups excluding carboxylic acids is 2. The molecule has 5 rings (SSSR count). The number of fused-ring (bicyclic) bond motifs is 1. The molecule has 1 amide bonds. The van der Waals surface area contributed by atoms with E-state index in [0.717, 1.165) is 16.3 Å². The second kappa shape index (κ2) is 8.83. The molecular weight excluding hydrogens is 428 g/mol. The summed E-state index contributed by atoms with van der Waals surface area (Å²) in [7, 11) is 1.56. The fourth-order valence-electron chi connectivity index (χ4n) is 4.48. The highest BCUT2D eigenvalue weighted by molar-refractivity contribution is 6.46. The molecule has 0 radical (unpaired) electrons. The van der Waals surface area contributed by atoms with E-state index < -0.39 is 17.7 Å². The van der Waals surface area contributed by atoms with Crippen LogP contribution in [0.5, 0.6) is 5.75 Å². The number of Topliss-reactive ketones (excluding diaryl/α,β-unsaturated/α-hetero) is 1. The SMILES string of the molecule is COc1ccccc1CN1C(=O)C(=O)/C(=C(\O)c2cccc3ccccc23)C1c1ccccn1. The smallest absolute Gasteiger partial charge is 0.296 e. The lowest BCUT2D eigenvalue weighted by atomic mass is 9.95. The number of rotatable bonds is 5. The molecule has 4 aromatic rings. The number of ketones is 1. The number of carbonyl (C=O) groups is 2. The van der Waals surface area contributed by atoms with Crippen LogP contribution in [0.2, 0.25) is 0 Å². The maximum Gasteiger partial charge on any atom is 0.296 e. The van der Waals surface area contributed by atoms with Crippen LogP contribution in [0.3, 0.4) is 0 Å². The summed E-state index contributed by atoms with van der Waals surface area (Å²) >= 11 is 0. The topological polar surface area (TPSA) is 79.7 Å². The third-order valence-corrected chi connectivity index (χ3v) is 6.09. The maximum atomic E-state index is 13.3. The Morgan fingerprint density at radius 3 is 2.47 bits per heavy atom. The number of pyridine rings is 1. The summed E-state index contributed by atoms with van der Waals surface area (Å²) in [4.78, 5) is 32.5. The Morgan fingerprint density at radius 1 is 0.941 bits per heavy atom. The van der Waals surface area contributed by atoms with E-state index in [-0.39, 0.29) is 17.9 Å². The molecule has 6 nitrogen and oxygen atoms in total. The van der Waals surface area contributed by atoms with Crippen molar-refractivity contribution in [1.82, 2.24) is 9.88 Å². The van der Waals surface area contributed by atoms with Crippen LogP contribution in [0.4, 0.5) is 0 Å². The van der Waals surface area contributed by atoms with Gasteiger partial charge in [0.25, 0.3) is 11.7 Å². The van der Waals surface area contributed by atoms with Crippen LogP contribution in [0.1, 0.15) is 22.9 Å². The van der Waals surface area contributed by atoms with Crippen LogP contribution in [0.15, 0.2) is 96.7 Å². The Bertz CT molecular complexity index is 1420. The Kier molecular flexibility index (Phi) is 5.55. The van der Waals surface area contributed by atoms with Crippen LogP contribution in [0, 0.1) is 0 Å². The van der Waals surface area contributed by atoms with E-state index in [0.29, 0.717) is 17.0 Å². The molecule has 34 heavy (non-hydrogen) atoms. The summed E-state index contributed by atoms with van der Waals surface area (Å²) in [5.74, 6) is -1.04. The van der Waals surface area contributed by atoms with Crippen molar-refractivity contribution in [2.75, 3.05) is 7.11 Å². The van der Waals surface area contributed by atoms with E-state index in [4.69, 9.17) is 4.74 Å². The first kappa shape index (κ1) is 21.4. The van der Waals surface area contributed by atoms with Gasteiger partial charge in [-0.1, -0.05) is 66.7 Å². The Labute approximate surface area is 196 Å². The molecule has 0 bridgehead atoms. The van der Waals surface area contributed by atoms with Gasteiger partial charge in [0.05, 0.1) is 24.9 Å². The zero-order valence-electron chi connectivity index (χ0n) is 18.5. The van der Waals surface area contributed by atoms with Crippen LogP contribution in [0.25, 0.3) is 16.5 Å². The van der Waals surface area contributed by atoms with Gasteiger partial charge >= 0.3 is 0 Å². The number of hydrogen-bond donors (Lipinski definition) is 1. The lowest BCUT2D eigenvalue weighted by Gasteiger charge is -2.25. The highest BCUT2D eigenvalue weighted by Gasteiger charge is 2.47. The minimum absolute atomic E-state index is 0.0231. The molecule has 6 heteroatoms. The first-order valence-corrected chi connectivity index (χ1v) is 10.9. The summed E-state index contributed by atoms with van der Waals surface area (Å²) in [6.07, 6.45) is 1.61. The predicted molar refractivity (Wildman–Crippen MR) is 129 cm³/mol. The number of nitrogens with zero attached hydrogens (tertiary/aromatic N) is 2. The normalized spacial score (nSPS) is 17.3. The number of aliphatic hydroxyl groups is 1. The van der Waals surface area contributed by atoms with Crippen molar-refractivity contribution in [1.29, 1.82) is 0 Å². The third-order valence-electron chi connectivity index (χ3n) is 6.09. The molecular formula is C28H22N2O4. The van der Waals surface area contributed by atoms with Gasteiger partial charge in [-0.3, -0.25) is 14.6 Å². The molecule has 1 fully saturated rings. The average molecular weight is 450 g/mol. The molecule has 1 N–H and O–H groups in total. The summed E-state index contributed by atoms with van der Waals surface area (Å²) in [6, 6.07) is 24.9. The van der Waals surface area contributed by atoms with Gasteiger partial charge in [0.15, 0.2) is 0 Å². The van der Waals surface area contributed by atoms with Gasteiger partial charge in [-0.15, -0.1) is 0 Å². The quantitative estimate of drug-likeness (QED) is 0.267. The molecule has 1 saturated heterocycles. The number of methoxy groups -OCH3 is 1. The minimum atomic E-state index is -0.843. The molecule has 3 aromatic carbocycles. The van der Waals surface area contributed by atoms with E-state index in [1.54, 1.807) is 43.6 Å². The Balaban J connectivity index is 1.70. The van der Waals surface area contributed by atoms with E-state index in [1.165, 1.54) is 4.90 Å². The van der Waals surface area contributed by atoms with Gasteiger partial charge in [-0.05, 0) is 29.0 Å². The molecule has 1 aliphatic rings. The first-order chi connectivity index (χ1) is 16.6. The Hall–Kier alpha value is -4.45. The van der Waals surface area contributed by atoms with Gasteiger partial charge in [0.1, 0.15) is 17.6 Å². The monoisotopic (exact) mass is 450 g/mol. The standard InChI is InChI=1S/C28H22N2O4/c1-34-23-15-5-3-10-19(23)17-30-25(22-14-6-7-16-29-22)24(27(32)28(30)33)26(31)21-13-8-11-18-9-2-4-12-20(18)21/h2-16,25,31H,17H2,1H3/b26-24-. The van der Waals surface area contributed by atoms with Gasteiger partial charge in [-0.2, -0.15) is 0 Å². The summed E-state index contributed by atoms with van der Waals surface area (Å²) < 4.78 is 5.45. The number of para-hydroxylation sites is 1. The number of aromatic nitrogens is 1. The zero-order chi connectivity index (χ0) is 23.7. The van der Waals surface area contributed by atoms with Gasteiger partial charge in [0, 0.05) is 17.3 Å².